The van der Waals surface area contributed by atoms with Gasteiger partial charge in [0.05, 0.1) is 12.7 Å². The Labute approximate surface area is 106 Å². The average Bonchev–Trinajstić information content (AvgIpc) is 2.39. The molecule has 0 bridgehead atoms. The molecule has 0 saturated heterocycles. The lowest BCUT2D eigenvalue weighted by molar-refractivity contribution is 0.0594. The summed E-state index contributed by atoms with van der Waals surface area (Å²) >= 11 is 0. The number of ether oxygens (including phenoxy) is 1. The molecule has 19 heavy (non-hydrogen) atoms. The van der Waals surface area contributed by atoms with Gasteiger partial charge in [-0.25, -0.2) is 22.9 Å². The van der Waals surface area contributed by atoms with Crippen molar-refractivity contribution < 1.29 is 22.7 Å². The Bertz CT molecular complexity index is 624. The zero-order valence-electron chi connectivity index (χ0n) is 9.78. The molecule has 2 aromatic rings. The molecule has 0 amide bonds. The number of carbonyl (C=O) groups is 1. The molecule has 0 fully saturated rings. The zero-order chi connectivity index (χ0) is 14.0. The smallest absolute Gasteiger partial charge is 0.356 e. The van der Waals surface area contributed by atoms with Crippen molar-refractivity contribution in [2.75, 3.05) is 7.11 Å². The molecule has 0 atom stereocenters. The van der Waals surface area contributed by atoms with Crippen molar-refractivity contribution in [3.05, 3.63) is 53.5 Å². The number of halogens is 3. The van der Waals surface area contributed by atoms with Crippen LogP contribution in [0.15, 0.2) is 30.3 Å². The standard InChI is InChI=1S/C13H8F3NO2/c1-19-13(18)10-6-5-9(16)12(17-10)11-7(14)3-2-4-8(11)15/h2-6H,1H3. The fraction of sp³-hybridized carbons (Fsp3) is 0.0769. The third-order valence-corrected chi connectivity index (χ3v) is 2.44. The molecule has 0 aliphatic rings. The summed E-state index contributed by atoms with van der Waals surface area (Å²) in [6.45, 7) is 0. The number of carbonyl (C=O) groups excluding carboxylic acids is 1. The zero-order valence-corrected chi connectivity index (χ0v) is 9.78. The molecular formula is C13H8F3NO2. The van der Waals surface area contributed by atoms with Gasteiger partial charge in [0.1, 0.15) is 28.8 Å². The minimum absolute atomic E-state index is 0.235. The van der Waals surface area contributed by atoms with Gasteiger partial charge in [-0.15, -0.1) is 0 Å². The largest absolute Gasteiger partial charge is 0.464 e. The second kappa shape index (κ2) is 5.09. The van der Waals surface area contributed by atoms with Crippen molar-refractivity contribution in [3.8, 4) is 11.3 Å². The molecule has 0 radical (unpaired) electrons. The molecule has 6 heteroatoms. The van der Waals surface area contributed by atoms with Crippen LogP contribution < -0.4 is 0 Å². The Hall–Kier alpha value is -2.37. The molecule has 1 aromatic carbocycles. The quantitative estimate of drug-likeness (QED) is 0.785. The first-order valence-corrected chi connectivity index (χ1v) is 5.24. The summed E-state index contributed by atoms with van der Waals surface area (Å²) in [6.07, 6.45) is 0. The predicted octanol–water partition coefficient (Wildman–Crippen LogP) is 2.95. The van der Waals surface area contributed by atoms with Crippen molar-refractivity contribution in [2.24, 2.45) is 0 Å². The Morgan fingerprint density at radius 1 is 1.05 bits per heavy atom. The normalized spacial score (nSPS) is 10.3. The van der Waals surface area contributed by atoms with Crippen LogP contribution in [0.4, 0.5) is 13.2 Å². The molecule has 98 valence electrons. The van der Waals surface area contributed by atoms with Crippen molar-refractivity contribution in [2.45, 2.75) is 0 Å². The van der Waals surface area contributed by atoms with Crippen LogP contribution in [0.5, 0.6) is 0 Å². The lowest BCUT2D eigenvalue weighted by Crippen LogP contribution is -2.07. The number of aromatic nitrogens is 1. The van der Waals surface area contributed by atoms with Gasteiger partial charge in [-0.1, -0.05) is 6.07 Å². The minimum Gasteiger partial charge on any atom is -0.464 e. The number of hydrogen-bond donors (Lipinski definition) is 0. The number of pyridine rings is 1. The van der Waals surface area contributed by atoms with Gasteiger partial charge in [-0.2, -0.15) is 0 Å². The summed E-state index contributed by atoms with van der Waals surface area (Å²) in [4.78, 5) is 14.9. The van der Waals surface area contributed by atoms with E-state index in [1.807, 2.05) is 0 Å². The third kappa shape index (κ3) is 2.42. The molecule has 0 aliphatic carbocycles. The highest BCUT2D eigenvalue weighted by Gasteiger charge is 2.19. The van der Waals surface area contributed by atoms with Crippen LogP contribution >= 0.6 is 0 Å². The SMILES string of the molecule is COC(=O)c1ccc(F)c(-c2c(F)cccc2F)n1. The summed E-state index contributed by atoms with van der Waals surface area (Å²) in [6, 6.07) is 5.08. The van der Waals surface area contributed by atoms with E-state index in [4.69, 9.17) is 0 Å². The van der Waals surface area contributed by atoms with Crippen molar-refractivity contribution in [1.29, 1.82) is 0 Å². The highest BCUT2D eigenvalue weighted by Crippen LogP contribution is 2.26. The van der Waals surface area contributed by atoms with E-state index >= 15 is 0 Å². The van der Waals surface area contributed by atoms with E-state index in [0.717, 1.165) is 37.4 Å². The highest BCUT2D eigenvalue weighted by atomic mass is 19.1. The van der Waals surface area contributed by atoms with Crippen molar-refractivity contribution >= 4 is 5.97 Å². The van der Waals surface area contributed by atoms with Gasteiger partial charge in [-0.05, 0) is 24.3 Å². The van der Waals surface area contributed by atoms with Crippen LogP contribution in [0.25, 0.3) is 11.3 Å². The maximum atomic E-state index is 13.6. The average molecular weight is 267 g/mol. The molecule has 0 aliphatic heterocycles. The Morgan fingerprint density at radius 2 is 1.68 bits per heavy atom. The van der Waals surface area contributed by atoms with Crippen molar-refractivity contribution in [3.63, 3.8) is 0 Å². The van der Waals surface area contributed by atoms with Gasteiger partial charge in [0.2, 0.25) is 0 Å². The van der Waals surface area contributed by atoms with Crippen LogP contribution in [0.1, 0.15) is 10.5 Å². The second-order valence-corrected chi connectivity index (χ2v) is 3.62. The van der Waals surface area contributed by atoms with Gasteiger partial charge in [-0.3, -0.25) is 0 Å². The molecular weight excluding hydrogens is 259 g/mol. The molecule has 0 unspecified atom stereocenters. The number of rotatable bonds is 2. The van der Waals surface area contributed by atoms with Gasteiger partial charge in [0, 0.05) is 0 Å². The third-order valence-electron chi connectivity index (χ3n) is 2.44. The van der Waals surface area contributed by atoms with E-state index in [-0.39, 0.29) is 5.69 Å². The van der Waals surface area contributed by atoms with Gasteiger partial charge in [0.25, 0.3) is 0 Å². The van der Waals surface area contributed by atoms with Gasteiger partial charge >= 0.3 is 5.97 Å². The highest BCUT2D eigenvalue weighted by molar-refractivity contribution is 5.87. The summed E-state index contributed by atoms with van der Waals surface area (Å²) < 4.78 is 45.2. The molecule has 1 heterocycles. The molecule has 0 N–H and O–H groups in total. The molecule has 1 aromatic heterocycles. The van der Waals surface area contributed by atoms with E-state index in [0.29, 0.717) is 0 Å². The molecule has 0 spiro atoms. The lowest BCUT2D eigenvalue weighted by Gasteiger charge is -2.07. The van der Waals surface area contributed by atoms with Crippen LogP contribution in [0, 0.1) is 17.5 Å². The van der Waals surface area contributed by atoms with Crippen LogP contribution in [0.2, 0.25) is 0 Å². The van der Waals surface area contributed by atoms with Crippen LogP contribution in [-0.4, -0.2) is 18.1 Å². The molecule has 0 saturated carbocycles. The number of methoxy groups -OCH3 is 1. The fourth-order valence-electron chi connectivity index (χ4n) is 1.56. The summed E-state index contributed by atoms with van der Waals surface area (Å²) in [5.41, 5.74) is -1.43. The van der Waals surface area contributed by atoms with E-state index in [1.165, 1.54) is 0 Å². The van der Waals surface area contributed by atoms with Crippen molar-refractivity contribution in [1.82, 2.24) is 4.98 Å². The number of nitrogens with zero attached hydrogens (tertiary/aromatic N) is 1. The van der Waals surface area contributed by atoms with E-state index in [1.54, 1.807) is 0 Å². The summed E-state index contributed by atoms with van der Waals surface area (Å²) in [5.74, 6) is -3.68. The number of benzene rings is 1. The second-order valence-electron chi connectivity index (χ2n) is 3.62. The predicted molar refractivity (Wildman–Crippen MR) is 60.9 cm³/mol. The monoisotopic (exact) mass is 267 g/mol. The molecule has 2 rings (SSSR count). The summed E-state index contributed by atoms with van der Waals surface area (Å²) in [7, 11) is 1.12. The lowest BCUT2D eigenvalue weighted by atomic mass is 10.1. The van der Waals surface area contributed by atoms with Crippen LogP contribution in [-0.2, 0) is 4.74 Å². The van der Waals surface area contributed by atoms with E-state index in [2.05, 4.69) is 9.72 Å². The topological polar surface area (TPSA) is 39.2 Å². The number of hydrogen-bond acceptors (Lipinski definition) is 3. The number of esters is 1. The first-order valence-electron chi connectivity index (χ1n) is 5.24. The summed E-state index contributed by atoms with van der Waals surface area (Å²) in [5, 5.41) is 0. The van der Waals surface area contributed by atoms with E-state index in [9.17, 15) is 18.0 Å². The minimum atomic E-state index is -0.964. The van der Waals surface area contributed by atoms with Gasteiger partial charge in [0.15, 0.2) is 0 Å². The fourth-order valence-corrected chi connectivity index (χ4v) is 1.56. The van der Waals surface area contributed by atoms with Gasteiger partial charge < -0.3 is 4.74 Å². The maximum absolute atomic E-state index is 13.6. The maximum Gasteiger partial charge on any atom is 0.356 e. The van der Waals surface area contributed by atoms with Crippen LogP contribution in [0.3, 0.4) is 0 Å². The first-order chi connectivity index (χ1) is 9.04. The Balaban J connectivity index is 2.65. The Morgan fingerprint density at radius 3 is 2.26 bits per heavy atom. The van der Waals surface area contributed by atoms with E-state index < -0.39 is 34.7 Å². The molecule has 3 nitrogen and oxygen atoms in total. The Kier molecular flexibility index (Phi) is 3.50. The first kappa shape index (κ1) is 13.1.